The highest BCUT2D eigenvalue weighted by molar-refractivity contribution is 6.30. The molecule has 2 aromatic carbocycles. The molecule has 0 aliphatic heterocycles. The third-order valence-corrected chi connectivity index (χ3v) is 3.61. The smallest absolute Gasteiger partial charge is 0.120 e. The van der Waals surface area contributed by atoms with Gasteiger partial charge in [0.2, 0.25) is 0 Å². The molecule has 0 spiro atoms. The van der Waals surface area contributed by atoms with Crippen LogP contribution in [0.1, 0.15) is 24.4 Å². The summed E-state index contributed by atoms with van der Waals surface area (Å²) in [5.74, 6) is 1.65. The summed E-state index contributed by atoms with van der Waals surface area (Å²) in [6.07, 6.45) is 2.69. The Morgan fingerprint density at radius 2 is 1.86 bits per heavy atom. The lowest BCUT2D eigenvalue weighted by Crippen LogP contribution is -2.19. The minimum Gasteiger partial charge on any atom is -0.492 e. The van der Waals surface area contributed by atoms with Crippen LogP contribution in [0, 0.1) is 0 Å². The van der Waals surface area contributed by atoms with Crippen molar-refractivity contribution in [1.82, 2.24) is 0 Å². The second kappa shape index (κ2) is 6.37. The summed E-state index contributed by atoms with van der Waals surface area (Å²) < 4.78 is 11.5. The third kappa shape index (κ3) is 4.13. The monoisotopic (exact) mass is 303 g/mol. The average Bonchev–Trinajstić information content (AvgIpc) is 3.30. The first-order valence-electron chi connectivity index (χ1n) is 7.11. The van der Waals surface area contributed by atoms with Gasteiger partial charge >= 0.3 is 0 Å². The van der Waals surface area contributed by atoms with Crippen molar-refractivity contribution in [2.45, 2.75) is 25.0 Å². The average molecular weight is 304 g/mol. The van der Waals surface area contributed by atoms with Crippen LogP contribution in [0.5, 0.6) is 11.5 Å². The fourth-order valence-corrected chi connectivity index (χ4v) is 2.14. The summed E-state index contributed by atoms with van der Waals surface area (Å²) in [5.41, 5.74) is 7.20. The van der Waals surface area contributed by atoms with E-state index in [1.54, 1.807) is 12.1 Å². The summed E-state index contributed by atoms with van der Waals surface area (Å²) in [7, 11) is 0. The maximum atomic E-state index is 6.18. The summed E-state index contributed by atoms with van der Waals surface area (Å²) in [6.45, 7) is 0.411. The van der Waals surface area contributed by atoms with Crippen molar-refractivity contribution in [3.05, 3.63) is 59.1 Å². The van der Waals surface area contributed by atoms with Crippen LogP contribution in [-0.2, 0) is 0 Å². The van der Waals surface area contributed by atoms with Crippen LogP contribution in [-0.4, -0.2) is 12.7 Å². The van der Waals surface area contributed by atoms with Crippen LogP contribution in [0.3, 0.4) is 0 Å². The molecule has 2 N–H and O–H groups in total. The number of halogens is 1. The Bertz CT molecular complexity index is 596. The molecule has 3 nitrogen and oxygen atoms in total. The van der Waals surface area contributed by atoms with Crippen LogP contribution in [0.25, 0.3) is 0 Å². The molecular formula is C17H18ClNO2. The quantitative estimate of drug-likeness (QED) is 0.878. The maximum absolute atomic E-state index is 6.18. The molecule has 21 heavy (non-hydrogen) atoms. The van der Waals surface area contributed by atoms with Gasteiger partial charge in [0.1, 0.15) is 18.1 Å². The Kier molecular flexibility index (Phi) is 4.32. The normalized spacial score (nSPS) is 15.5. The number of nitrogens with two attached hydrogens (primary N) is 1. The van der Waals surface area contributed by atoms with E-state index in [-0.39, 0.29) is 6.04 Å². The van der Waals surface area contributed by atoms with Crippen LogP contribution in [0.4, 0.5) is 0 Å². The zero-order valence-electron chi connectivity index (χ0n) is 11.7. The molecule has 0 amide bonds. The minimum atomic E-state index is -0.191. The molecule has 0 heterocycles. The van der Waals surface area contributed by atoms with E-state index in [1.165, 1.54) is 0 Å². The van der Waals surface area contributed by atoms with Gasteiger partial charge in [-0.25, -0.2) is 0 Å². The first kappa shape index (κ1) is 14.2. The third-order valence-electron chi connectivity index (χ3n) is 3.36. The maximum Gasteiger partial charge on any atom is 0.120 e. The molecule has 0 aromatic heterocycles. The number of hydrogen-bond acceptors (Lipinski definition) is 3. The van der Waals surface area contributed by atoms with Crippen LogP contribution in [0.15, 0.2) is 48.5 Å². The van der Waals surface area contributed by atoms with E-state index in [0.29, 0.717) is 17.7 Å². The molecular weight excluding hydrogens is 286 g/mol. The lowest BCUT2D eigenvalue weighted by molar-refractivity contribution is 0.287. The van der Waals surface area contributed by atoms with Crippen molar-refractivity contribution >= 4 is 11.6 Å². The van der Waals surface area contributed by atoms with Crippen molar-refractivity contribution in [3.8, 4) is 11.5 Å². The van der Waals surface area contributed by atoms with Crippen molar-refractivity contribution in [2.24, 2.45) is 5.73 Å². The van der Waals surface area contributed by atoms with E-state index in [9.17, 15) is 0 Å². The summed E-state index contributed by atoms with van der Waals surface area (Å²) in [4.78, 5) is 0. The van der Waals surface area contributed by atoms with E-state index < -0.39 is 0 Å². The molecule has 1 aliphatic carbocycles. The second-order valence-corrected chi connectivity index (χ2v) is 5.70. The standard InChI is InChI=1S/C17H18ClNO2/c18-13-4-6-14(7-5-13)20-11-17(19)12-2-1-3-16(10-12)21-15-8-9-15/h1-7,10,15,17H,8-9,11,19H2. The lowest BCUT2D eigenvalue weighted by Gasteiger charge is -2.15. The first-order chi connectivity index (χ1) is 10.2. The number of ether oxygens (including phenoxy) is 2. The predicted molar refractivity (Wildman–Crippen MR) is 84.0 cm³/mol. The molecule has 0 saturated heterocycles. The molecule has 1 saturated carbocycles. The molecule has 0 bridgehead atoms. The molecule has 0 radical (unpaired) electrons. The van der Waals surface area contributed by atoms with Gasteiger partial charge in [-0.3, -0.25) is 0 Å². The number of hydrogen-bond donors (Lipinski definition) is 1. The Balaban J connectivity index is 1.58. The van der Waals surface area contributed by atoms with Crippen LogP contribution >= 0.6 is 11.6 Å². The molecule has 1 aliphatic rings. The van der Waals surface area contributed by atoms with Gasteiger partial charge in [0.15, 0.2) is 0 Å². The van der Waals surface area contributed by atoms with Gasteiger partial charge in [-0.15, -0.1) is 0 Å². The van der Waals surface area contributed by atoms with Gasteiger partial charge in [0.25, 0.3) is 0 Å². The fraction of sp³-hybridized carbons (Fsp3) is 0.294. The van der Waals surface area contributed by atoms with Gasteiger partial charge in [-0.2, -0.15) is 0 Å². The van der Waals surface area contributed by atoms with Gasteiger partial charge in [0, 0.05) is 5.02 Å². The van der Waals surface area contributed by atoms with Gasteiger partial charge in [-0.05, 0) is 54.8 Å². The van der Waals surface area contributed by atoms with E-state index in [1.807, 2.05) is 36.4 Å². The highest BCUT2D eigenvalue weighted by atomic mass is 35.5. The minimum absolute atomic E-state index is 0.191. The number of benzene rings is 2. The van der Waals surface area contributed by atoms with Crippen LogP contribution < -0.4 is 15.2 Å². The lowest BCUT2D eigenvalue weighted by atomic mass is 10.1. The molecule has 1 atom stereocenters. The zero-order valence-corrected chi connectivity index (χ0v) is 12.4. The molecule has 3 rings (SSSR count). The Labute approximate surface area is 129 Å². The summed E-state index contributed by atoms with van der Waals surface area (Å²) in [6, 6.07) is 15.0. The molecule has 4 heteroatoms. The van der Waals surface area contributed by atoms with E-state index in [2.05, 4.69) is 0 Å². The molecule has 2 aromatic rings. The predicted octanol–water partition coefficient (Wildman–Crippen LogP) is 3.96. The molecule has 1 fully saturated rings. The Morgan fingerprint density at radius 3 is 2.57 bits per heavy atom. The van der Waals surface area contributed by atoms with Gasteiger partial charge in [-0.1, -0.05) is 23.7 Å². The summed E-state index contributed by atoms with van der Waals surface area (Å²) >= 11 is 5.84. The Hall–Kier alpha value is -1.71. The van der Waals surface area contributed by atoms with Crippen molar-refractivity contribution in [1.29, 1.82) is 0 Å². The molecule has 110 valence electrons. The first-order valence-corrected chi connectivity index (χ1v) is 7.49. The van der Waals surface area contributed by atoms with Gasteiger partial charge in [0.05, 0.1) is 12.1 Å². The van der Waals surface area contributed by atoms with Crippen molar-refractivity contribution in [2.75, 3.05) is 6.61 Å². The van der Waals surface area contributed by atoms with Crippen LogP contribution in [0.2, 0.25) is 5.02 Å². The highest BCUT2D eigenvalue weighted by Gasteiger charge is 2.23. The van der Waals surface area contributed by atoms with Gasteiger partial charge < -0.3 is 15.2 Å². The van der Waals surface area contributed by atoms with E-state index >= 15 is 0 Å². The van der Waals surface area contributed by atoms with E-state index in [0.717, 1.165) is 29.9 Å². The van der Waals surface area contributed by atoms with E-state index in [4.69, 9.17) is 26.8 Å². The summed E-state index contributed by atoms with van der Waals surface area (Å²) in [5, 5.41) is 0.691. The Morgan fingerprint density at radius 1 is 1.10 bits per heavy atom. The molecule has 1 unspecified atom stereocenters. The highest BCUT2D eigenvalue weighted by Crippen LogP contribution is 2.28. The fourth-order valence-electron chi connectivity index (χ4n) is 2.01. The second-order valence-electron chi connectivity index (χ2n) is 5.26. The SMILES string of the molecule is NC(COc1ccc(Cl)cc1)c1cccc(OC2CC2)c1. The van der Waals surface area contributed by atoms with Crippen molar-refractivity contribution in [3.63, 3.8) is 0 Å². The van der Waals surface area contributed by atoms with Crippen molar-refractivity contribution < 1.29 is 9.47 Å². The topological polar surface area (TPSA) is 44.5 Å². The number of rotatable bonds is 6. The zero-order chi connectivity index (χ0) is 14.7. The largest absolute Gasteiger partial charge is 0.492 e.